The molecule has 1 saturated heterocycles. The molecule has 1 aliphatic heterocycles. The van der Waals surface area contributed by atoms with Gasteiger partial charge in [-0.25, -0.2) is 4.79 Å². The first-order valence-electron chi connectivity index (χ1n) is 9.53. The van der Waals surface area contributed by atoms with Gasteiger partial charge in [0.2, 0.25) is 0 Å². The predicted octanol–water partition coefficient (Wildman–Crippen LogP) is 2.67. The van der Waals surface area contributed by atoms with E-state index in [1.165, 1.54) is 11.1 Å². The first kappa shape index (κ1) is 19.7. The quantitative estimate of drug-likeness (QED) is 0.677. The Morgan fingerprint density at radius 1 is 1.28 bits per heavy atom. The van der Waals surface area contributed by atoms with E-state index >= 15 is 0 Å². The van der Waals surface area contributed by atoms with Gasteiger partial charge in [-0.05, 0) is 57.2 Å². The molecule has 5 heteroatoms. The molecule has 25 heavy (non-hydrogen) atoms. The topological polar surface area (TPSA) is 64.6 Å². The lowest BCUT2D eigenvalue weighted by atomic mass is 9.96. The fourth-order valence-electron chi connectivity index (χ4n) is 3.31. The van der Waals surface area contributed by atoms with Gasteiger partial charge in [-0.15, -0.1) is 0 Å². The molecule has 0 saturated carbocycles. The van der Waals surface area contributed by atoms with Gasteiger partial charge in [0.15, 0.2) is 0 Å². The van der Waals surface area contributed by atoms with Gasteiger partial charge in [0.1, 0.15) is 0 Å². The minimum absolute atomic E-state index is 0.0568. The molecule has 140 valence electrons. The molecule has 1 heterocycles. The number of aryl methyl sites for hydroxylation is 1. The molecule has 5 nitrogen and oxygen atoms in total. The van der Waals surface area contributed by atoms with Crippen molar-refractivity contribution in [1.29, 1.82) is 0 Å². The van der Waals surface area contributed by atoms with Crippen molar-refractivity contribution in [2.24, 2.45) is 5.92 Å². The van der Waals surface area contributed by atoms with E-state index in [-0.39, 0.29) is 18.7 Å². The summed E-state index contributed by atoms with van der Waals surface area (Å²) in [4.78, 5) is 14.4. The minimum Gasteiger partial charge on any atom is -0.396 e. The first-order valence-corrected chi connectivity index (χ1v) is 9.53. The van der Waals surface area contributed by atoms with Crippen LogP contribution in [0.4, 0.5) is 4.79 Å². The Balaban J connectivity index is 1.64. The predicted molar refractivity (Wildman–Crippen MR) is 101 cm³/mol. The number of hydrogen-bond donors (Lipinski definition) is 3. The van der Waals surface area contributed by atoms with Gasteiger partial charge in [0.05, 0.1) is 0 Å². The third-order valence-electron chi connectivity index (χ3n) is 5.09. The van der Waals surface area contributed by atoms with Gasteiger partial charge < -0.3 is 15.7 Å². The van der Waals surface area contributed by atoms with Crippen LogP contribution in [0.2, 0.25) is 0 Å². The van der Waals surface area contributed by atoms with Gasteiger partial charge in [-0.3, -0.25) is 4.90 Å². The molecule has 2 rings (SSSR count). The summed E-state index contributed by atoms with van der Waals surface area (Å²) in [6, 6.07) is 8.72. The zero-order chi connectivity index (χ0) is 18.1. The van der Waals surface area contributed by atoms with Gasteiger partial charge >= 0.3 is 6.03 Å². The third-order valence-corrected chi connectivity index (χ3v) is 5.09. The monoisotopic (exact) mass is 347 g/mol. The maximum Gasteiger partial charge on any atom is 0.315 e. The Bertz CT molecular complexity index is 510. The minimum atomic E-state index is -0.109. The number of nitrogens with one attached hydrogen (secondary N) is 2. The number of piperidine rings is 1. The van der Waals surface area contributed by atoms with Gasteiger partial charge in [-0.1, -0.05) is 36.8 Å². The van der Waals surface area contributed by atoms with E-state index in [1.807, 2.05) is 6.92 Å². The Hall–Kier alpha value is -1.59. The third kappa shape index (κ3) is 7.04. The van der Waals surface area contributed by atoms with Crippen molar-refractivity contribution in [3.63, 3.8) is 0 Å². The number of amides is 2. The molecular weight excluding hydrogens is 314 g/mol. The molecule has 1 fully saturated rings. The highest BCUT2D eigenvalue weighted by atomic mass is 16.3. The summed E-state index contributed by atoms with van der Waals surface area (Å²) < 4.78 is 0. The molecule has 0 spiro atoms. The lowest BCUT2D eigenvalue weighted by molar-refractivity contribution is 0.174. The van der Waals surface area contributed by atoms with Gasteiger partial charge in [-0.2, -0.15) is 0 Å². The van der Waals surface area contributed by atoms with Crippen molar-refractivity contribution < 1.29 is 9.90 Å². The van der Waals surface area contributed by atoms with E-state index in [0.29, 0.717) is 12.3 Å². The number of aliphatic hydroxyl groups is 1. The van der Waals surface area contributed by atoms with Crippen LogP contribution in [-0.4, -0.2) is 48.3 Å². The molecule has 0 bridgehead atoms. The van der Waals surface area contributed by atoms with Crippen LogP contribution in [0.25, 0.3) is 0 Å². The summed E-state index contributed by atoms with van der Waals surface area (Å²) in [5.74, 6) is 0.554. The zero-order valence-corrected chi connectivity index (χ0v) is 15.6. The second-order valence-electron chi connectivity index (χ2n) is 7.18. The van der Waals surface area contributed by atoms with Crippen LogP contribution < -0.4 is 10.6 Å². The van der Waals surface area contributed by atoms with Crippen molar-refractivity contribution in [2.75, 3.05) is 26.2 Å². The Morgan fingerprint density at radius 3 is 2.56 bits per heavy atom. The molecule has 1 aromatic rings. The number of benzene rings is 1. The Morgan fingerprint density at radius 2 is 1.96 bits per heavy atom. The molecule has 0 aliphatic carbocycles. The number of carbonyl (C=O) groups excluding carboxylic acids is 1. The van der Waals surface area contributed by atoms with Crippen LogP contribution in [-0.2, 0) is 6.54 Å². The second kappa shape index (κ2) is 10.4. The molecule has 1 aliphatic rings. The summed E-state index contributed by atoms with van der Waals surface area (Å²) in [7, 11) is 0. The van der Waals surface area contributed by atoms with Crippen LogP contribution >= 0.6 is 0 Å². The Labute approximate surface area is 151 Å². The molecule has 1 atom stereocenters. The first-order chi connectivity index (χ1) is 12.1. The van der Waals surface area contributed by atoms with Gasteiger partial charge in [0, 0.05) is 25.7 Å². The molecule has 1 aromatic carbocycles. The summed E-state index contributed by atoms with van der Waals surface area (Å²) in [5, 5.41) is 14.9. The number of hydrogen-bond acceptors (Lipinski definition) is 3. The van der Waals surface area contributed by atoms with E-state index in [9.17, 15) is 4.79 Å². The van der Waals surface area contributed by atoms with Crippen molar-refractivity contribution >= 4 is 6.03 Å². The van der Waals surface area contributed by atoms with Crippen molar-refractivity contribution in [3.05, 3.63) is 35.4 Å². The summed E-state index contributed by atoms with van der Waals surface area (Å²) in [6.45, 7) is 8.17. The highest BCUT2D eigenvalue weighted by molar-refractivity contribution is 5.74. The fourth-order valence-corrected chi connectivity index (χ4v) is 3.31. The van der Waals surface area contributed by atoms with Crippen LogP contribution in [0.3, 0.4) is 0 Å². The standard InChI is InChI=1S/C20H33N3O2/c1-3-19(10-13-24)22-20(25)21-14-17-8-11-23(12-9-17)15-18-6-4-16(2)5-7-18/h4-7,17,19,24H,3,8-15H2,1-2H3,(H2,21,22,25). The molecule has 0 radical (unpaired) electrons. The second-order valence-corrected chi connectivity index (χ2v) is 7.18. The van der Waals surface area contributed by atoms with E-state index in [1.54, 1.807) is 0 Å². The smallest absolute Gasteiger partial charge is 0.315 e. The lowest BCUT2D eigenvalue weighted by Crippen LogP contribution is -2.45. The highest BCUT2D eigenvalue weighted by Crippen LogP contribution is 2.18. The normalized spacial score (nSPS) is 17.2. The maximum atomic E-state index is 11.9. The zero-order valence-electron chi connectivity index (χ0n) is 15.6. The summed E-state index contributed by atoms with van der Waals surface area (Å²) >= 11 is 0. The maximum absolute atomic E-state index is 11.9. The largest absolute Gasteiger partial charge is 0.396 e. The average Bonchev–Trinajstić information content (AvgIpc) is 2.62. The van der Waals surface area contributed by atoms with Crippen LogP contribution in [0.15, 0.2) is 24.3 Å². The number of rotatable bonds is 8. The molecular formula is C20H33N3O2. The summed E-state index contributed by atoms with van der Waals surface area (Å²) in [5.41, 5.74) is 2.67. The lowest BCUT2D eigenvalue weighted by Gasteiger charge is -2.32. The number of urea groups is 1. The average molecular weight is 348 g/mol. The van der Waals surface area contributed by atoms with Crippen molar-refractivity contribution in [2.45, 2.75) is 52.1 Å². The van der Waals surface area contributed by atoms with E-state index in [0.717, 1.165) is 45.4 Å². The summed E-state index contributed by atoms with van der Waals surface area (Å²) in [6.07, 6.45) is 3.70. The molecule has 0 aromatic heterocycles. The SMILES string of the molecule is CCC(CCO)NC(=O)NCC1CCN(Cc2ccc(C)cc2)CC1. The fraction of sp³-hybridized carbons (Fsp3) is 0.650. The van der Waals surface area contributed by atoms with Crippen molar-refractivity contribution in [1.82, 2.24) is 15.5 Å². The number of aliphatic hydroxyl groups excluding tert-OH is 1. The van der Waals surface area contributed by atoms with Crippen LogP contribution in [0.5, 0.6) is 0 Å². The molecule has 2 amide bonds. The van der Waals surface area contributed by atoms with Crippen LogP contribution in [0.1, 0.15) is 43.7 Å². The van der Waals surface area contributed by atoms with E-state index < -0.39 is 0 Å². The molecule has 1 unspecified atom stereocenters. The Kier molecular flexibility index (Phi) is 8.22. The highest BCUT2D eigenvalue weighted by Gasteiger charge is 2.20. The van der Waals surface area contributed by atoms with E-state index in [4.69, 9.17) is 5.11 Å². The van der Waals surface area contributed by atoms with Gasteiger partial charge in [0.25, 0.3) is 0 Å². The number of nitrogens with zero attached hydrogens (tertiary/aromatic N) is 1. The van der Waals surface area contributed by atoms with Crippen LogP contribution in [0, 0.1) is 12.8 Å². The number of carbonyl (C=O) groups is 1. The van der Waals surface area contributed by atoms with E-state index in [2.05, 4.69) is 46.7 Å². The molecule has 3 N–H and O–H groups in total. The van der Waals surface area contributed by atoms with Crippen molar-refractivity contribution in [3.8, 4) is 0 Å². The number of likely N-dealkylation sites (tertiary alicyclic amines) is 1.